The molecular formula is C14H14FN3. The summed E-state index contributed by atoms with van der Waals surface area (Å²) in [6.45, 7) is 0.306. The number of hydrogen-bond donors (Lipinski definition) is 1. The molecule has 0 amide bonds. The number of rotatable bonds is 3. The summed E-state index contributed by atoms with van der Waals surface area (Å²) in [5.74, 6) is 0.272. The average Bonchev–Trinajstić information content (AvgIpc) is 3.24. The summed E-state index contributed by atoms with van der Waals surface area (Å²) in [5.41, 5.74) is 8.59. The lowest BCUT2D eigenvalue weighted by Gasteiger charge is -2.06. The van der Waals surface area contributed by atoms with Crippen LogP contribution in [0, 0.1) is 5.82 Å². The smallest absolute Gasteiger partial charge is 0.149 e. The fourth-order valence-corrected chi connectivity index (χ4v) is 2.00. The van der Waals surface area contributed by atoms with Crippen LogP contribution in [-0.2, 0) is 6.54 Å². The highest BCUT2D eigenvalue weighted by molar-refractivity contribution is 5.63. The highest BCUT2D eigenvalue weighted by Gasteiger charge is 2.24. The topological polar surface area (TPSA) is 51.8 Å². The molecule has 1 saturated carbocycles. The summed E-state index contributed by atoms with van der Waals surface area (Å²) >= 11 is 0. The Morgan fingerprint density at radius 2 is 2.06 bits per heavy atom. The standard InChI is InChI=1S/C14H14FN3/c15-13-8-17-11(6-16)5-12(13)10-3-4-14(18-7-10)9-1-2-9/h3-5,7-9H,1-2,6,16H2. The van der Waals surface area contributed by atoms with Gasteiger partial charge in [0.25, 0.3) is 0 Å². The molecule has 1 fully saturated rings. The first-order valence-corrected chi connectivity index (χ1v) is 6.08. The minimum Gasteiger partial charge on any atom is -0.325 e. The lowest BCUT2D eigenvalue weighted by atomic mass is 10.1. The van der Waals surface area contributed by atoms with Crippen molar-refractivity contribution in [1.29, 1.82) is 0 Å². The van der Waals surface area contributed by atoms with E-state index >= 15 is 0 Å². The van der Waals surface area contributed by atoms with Crippen molar-refractivity contribution >= 4 is 0 Å². The minimum absolute atomic E-state index is 0.306. The molecule has 0 unspecified atom stereocenters. The summed E-state index contributed by atoms with van der Waals surface area (Å²) in [6, 6.07) is 5.58. The van der Waals surface area contributed by atoms with Gasteiger partial charge >= 0.3 is 0 Å². The molecular weight excluding hydrogens is 229 g/mol. The monoisotopic (exact) mass is 243 g/mol. The maximum atomic E-state index is 13.7. The maximum absolute atomic E-state index is 13.7. The molecule has 2 aromatic heterocycles. The molecule has 2 N–H and O–H groups in total. The van der Waals surface area contributed by atoms with Crippen LogP contribution in [0.1, 0.15) is 30.1 Å². The zero-order valence-electron chi connectivity index (χ0n) is 9.94. The van der Waals surface area contributed by atoms with Crippen LogP contribution in [0.4, 0.5) is 4.39 Å². The van der Waals surface area contributed by atoms with E-state index in [9.17, 15) is 4.39 Å². The lowest BCUT2D eigenvalue weighted by Crippen LogP contribution is -2.01. The zero-order chi connectivity index (χ0) is 12.5. The van der Waals surface area contributed by atoms with E-state index in [0.29, 0.717) is 23.7 Å². The molecule has 0 radical (unpaired) electrons. The maximum Gasteiger partial charge on any atom is 0.149 e. The molecule has 1 aliphatic carbocycles. The molecule has 4 heteroatoms. The van der Waals surface area contributed by atoms with Gasteiger partial charge in [-0.05, 0) is 25.0 Å². The van der Waals surface area contributed by atoms with Crippen LogP contribution < -0.4 is 5.73 Å². The Balaban J connectivity index is 1.97. The molecule has 0 aliphatic heterocycles. The molecule has 3 rings (SSSR count). The van der Waals surface area contributed by atoms with Gasteiger partial charge in [-0.15, -0.1) is 0 Å². The van der Waals surface area contributed by atoms with Crippen molar-refractivity contribution in [1.82, 2.24) is 9.97 Å². The number of nitrogens with two attached hydrogens (primary N) is 1. The van der Waals surface area contributed by atoms with Gasteiger partial charge in [-0.25, -0.2) is 4.39 Å². The van der Waals surface area contributed by atoms with Gasteiger partial charge in [-0.2, -0.15) is 0 Å². The molecule has 0 saturated heterocycles. The van der Waals surface area contributed by atoms with Gasteiger partial charge in [0.1, 0.15) is 5.82 Å². The summed E-state index contributed by atoms with van der Waals surface area (Å²) in [7, 11) is 0. The van der Waals surface area contributed by atoms with E-state index in [0.717, 1.165) is 11.3 Å². The lowest BCUT2D eigenvalue weighted by molar-refractivity contribution is 0.622. The van der Waals surface area contributed by atoms with E-state index in [1.807, 2.05) is 12.1 Å². The van der Waals surface area contributed by atoms with E-state index in [-0.39, 0.29) is 5.82 Å². The Kier molecular flexibility index (Phi) is 2.80. The van der Waals surface area contributed by atoms with Crippen LogP contribution in [0.3, 0.4) is 0 Å². The summed E-state index contributed by atoms with van der Waals surface area (Å²) in [5, 5.41) is 0. The number of halogens is 1. The van der Waals surface area contributed by atoms with Crippen molar-refractivity contribution in [3.8, 4) is 11.1 Å². The first-order chi connectivity index (χ1) is 8.78. The van der Waals surface area contributed by atoms with Gasteiger partial charge in [-0.1, -0.05) is 6.07 Å². The van der Waals surface area contributed by atoms with Crippen LogP contribution in [0.2, 0.25) is 0 Å². The third-order valence-electron chi connectivity index (χ3n) is 3.21. The molecule has 92 valence electrons. The van der Waals surface area contributed by atoms with Crippen molar-refractivity contribution in [3.05, 3.63) is 47.8 Å². The van der Waals surface area contributed by atoms with Crippen molar-refractivity contribution in [2.24, 2.45) is 5.73 Å². The van der Waals surface area contributed by atoms with Crippen LogP contribution >= 0.6 is 0 Å². The van der Waals surface area contributed by atoms with Crippen LogP contribution in [0.15, 0.2) is 30.6 Å². The fraction of sp³-hybridized carbons (Fsp3) is 0.286. The molecule has 3 nitrogen and oxygen atoms in total. The number of aromatic nitrogens is 2. The van der Waals surface area contributed by atoms with Gasteiger partial charge in [-0.3, -0.25) is 9.97 Å². The highest BCUT2D eigenvalue weighted by Crippen LogP contribution is 2.39. The normalized spacial score (nSPS) is 14.8. The second-order valence-corrected chi connectivity index (χ2v) is 4.61. The fourth-order valence-electron chi connectivity index (χ4n) is 2.00. The van der Waals surface area contributed by atoms with Crippen LogP contribution in [0.25, 0.3) is 11.1 Å². The van der Waals surface area contributed by atoms with Crippen molar-refractivity contribution in [2.45, 2.75) is 25.3 Å². The molecule has 2 heterocycles. The van der Waals surface area contributed by atoms with Crippen LogP contribution in [0.5, 0.6) is 0 Å². The summed E-state index contributed by atoms with van der Waals surface area (Å²) in [4.78, 5) is 8.31. The molecule has 1 aliphatic rings. The van der Waals surface area contributed by atoms with E-state index < -0.39 is 0 Å². The summed E-state index contributed by atoms with van der Waals surface area (Å²) in [6.07, 6.45) is 5.37. The Labute approximate surface area is 105 Å². The van der Waals surface area contributed by atoms with Gasteiger partial charge in [0, 0.05) is 35.5 Å². The predicted octanol–water partition coefficient (Wildman–Crippen LogP) is 2.62. The van der Waals surface area contributed by atoms with Gasteiger partial charge in [0.05, 0.1) is 11.9 Å². The average molecular weight is 243 g/mol. The van der Waals surface area contributed by atoms with E-state index in [1.165, 1.54) is 19.0 Å². The second-order valence-electron chi connectivity index (χ2n) is 4.61. The molecule has 0 atom stereocenters. The molecule has 2 aromatic rings. The first-order valence-electron chi connectivity index (χ1n) is 6.08. The summed E-state index contributed by atoms with van der Waals surface area (Å²) < 4.78 is 13.7. The SMILES string of the molecule is NCc1cc(-c2ccc(C3CC3)nc2)c(F)cn1. The second kappa shape index (κ2) is 4.46. The Bertz CT molecular complexity index is 562. The van der Waals surface area contributed by atoms with Crippen molar-refractivity contribution in [3.63, 3.8) is 0 Å². The predicted molar refractivity (Wildman–Crippen MR) is 67.3 cm³/mol. The van der Waals surface area contributed by atoms with E-state index in [2.05, 4.69) is 9.97 Å². The number of pyridine rings is 2. The largest absolute Gasteiger partial charge is 0.325 e. The van der Waals surface area contributed by atoms with Crippen LogP contribution in [-0.4, -0.2) is 9.97 Å². The third kappa shape index (κ3) is 2.11. The molecule has 0 bridgehead atoms. The number of hydrogen-bond acceptors (Lipinski definition) is 3. The Morgan fingerprint density at radius 1 is 1.22 bits per heavy atom. The Morgan fingerprint density at radius 3 is 2.67 bits per heavy atom. The van der Waals surface area contributed by atoms with Gasteiger partial charge in [0.15, 0.2) is 0 Å². The first kappa shape index (κ1) is 11.3. The van der Waals surface area contributed by atoms with Gasteiger partial charge < -0.3 is 5.73 Å². The number of nitrogens with zero attached hydrogens (tertiary/aromatic N) is 2. The quantitative estimate of drug-likeness (QED) is 0.901. The van der Waals surface area contributed by atoms with E-state index in [1.54, 1.807) is 12.3 Å². The van der Waals surface area contributed by atoms with Crippen molar-refractivity contribution in [2.75, 3.05) is 0 Å². The minimum atomic E-state index is -0.340. The van der Waals surface area contributed by atoms with E-state index in [4.69, 9.17) is 5.73 Å². The zero-order valence-corrected chi connectivity index (χ0v) is 9.94. The molecule has 0 aromatic carbocycles. The molecule has 0 spiro atoms. The van der Waals surface area contributed by atoms with Crippen molar-refractivity contribution < 1.29 is 4.39 Å². The Hall–Kier alpha value is -1.81. The molecule has 18 heavy (non-hydrogen) atoms. The highest BCUT2D eigenvalue weighted by atomic mass is 19.1. The third-order valence-corrected chi connectivity index (χ3v) is 3.21. The van der Waals surface area contributed by atoms with Gasteiger partial charge in [0.2, 0.25) is 0 Å².